The Kier molecular flexibility index (Phi) is 7.03. The van der Waals surface area contributed by atoms with Gasteiger partial charge in [0.25, 0.3) is 0 Å². The van der Waals surface area contributed by atoms with E-state index in [0.29, 0.717) is 0 Å². The van der Waals surface area contributed by atoms with E-state index in [1.807, 2.05) is 0 Å². The smallest absolute Gasteiger partial charge is 0.00401 e. The third-order valence-corrected chi connectivity index (χ3v) is 3.25. The lowest BCUT2D eigenvalue weighted by Gasteiger charge is -2.03. The third-order valence-electron chi connectivity index (χ3n) is 3.25. The predicted molar refractivity (Wildman–Crippen MR) is 71.9 cm³/mol. The number of hydrogen-bond donors (Lipinski definition) is 1. The van der Waals surface area contributed by atoms with Crippen molar-refractivity contribution in [1.82, 2.24) is 4.98 Å². The topological polar surface area (TPSA) is 15.8 Å². The summed E-state index contributed by atoms with van der Waals surface area (Å²) in [7, 11) is 0. The zero-order valence-corrected chi connectivity index (χ0v) is 11.0. The summed E-state index contributed by atoms with van der Waals surface area (Å²) in [5.41, 5.74) is 3.09. The molecule has 0 saturated carbocycles. The molecular formula is C15H27N. The van der Waals surface area contributed by atoms with Crippen molar-refractivity contribution < 1.29 is 0 Å². The van der Waals surface area contributed by atoms with Gasteiger partial charge in [0, 0.05) is 12.4 Å². The molecule has 1 aromatic heterocycles. The van der Waals surface area contributed by atoms with Gasteiger partial charge in [0.2, 0.25) is 0 Å². The van der Waals surface area contributed by atoms with E-state index in [0.717, 1.165) is 0 Å². The highest BCUT2D eigenvalue weighted by Crippen LogP contribution is 2.15. The van der Waals surface area contributed by atoms with Crippen molar-refractivity contribution in [3.05, 3.63) is 23.5 Å². The Morgan fingerprint density at radius 1 is 0.750 bits per heavy atom. The molecule has 1 N–H and O–H groups in total. The Hall–Kier alpha value is -0.720. The van der Waals surface area contributed by atoms with Crippen molar-refractivity contribution in [1.29, 1.82) is 0 Å². The van der Waals surface area contributed by atoms with Crippen molar-refractivity contribution >= 4 is 0 Å². The molecule has 1 nitrogen and oxygen atoms in total. The summed E-state index contributed by atoms with van der Waals surface area (Å²) < 4.78 is 0. The van der Waals surface area contributed by atoms with Gasteiger partial charge in [-0.2, -0.15) is 0 Å². The maximum absolute atomic E-state index is 3.24. The van der Waals surface area contributed by atoms with Crippen molar-refractivity contribution in [2.24, 2.45) is 0 Å². The number of aryl methyl sites for hydroxylation is 2. The average Bonchev–Trinajstić information content (AvgIpc) is 2.72. The van der Waals surface area contributed by atoms with Gasteiger partial charge in [-0.1, -0.05) is 52.4 Å². The van der Waals surface area contributed by atoms with Crippen LogP contribution in [0.15, 0.2) is 12.4 Å². The van der Waals surface area contributed by atoms with Crippen LogP contribution >= 0.6 is 0 Å². The standard InChI is InChI=1S/C15H27N/c1-3-5-6-7-8-9-11-15-13-16-12-14(15)10-4-2/h12-13,16H,3-11H2,1-2H3. The first-order valence-electron chi connectivity index (χ1n) is 7.03. The summed E-state index contributed by atoms with van der Waals surface area (Å²) in [6.45, 7) is 4.53. The molecule has 1 rings (SSSR count). The summed E-state index contributed by atoms with van der Waals surface area (Å²) in [6, 6.07) is 0. The van der Waals surface area contributed by atoms with E-state index < -0.39 is 0 Å². The van der Waals surface area contributed by atoms with Crippen LogP contribution in [0.1, 0.15) is 69.9 Å². The number of nitrogens with one attached hydrogen (secondary N) is 1. The SMILES string of the molecule is CCCCCCCCc1c[nH]cc1CCC. The van der Waals surface area contributed by atoms with Crippen LogP contribution in [0.4, 0.5) is 0 Å². The van der Waals surface area contributed by atoms with E-state index in [9.17, 15) is 0 Å². The Balaban J connectivity index is 2.13. The van der Waals surface area contributed by atoms with Crippen molar-refractivity contribution in [2.75, 3.05) is 0 Å². The summed E-state index contributed by atoms with van der Waals surface area (Å²) in [5, 5.41) is 0. The molecule has 0 spiro atoms. The Morgan fingerprint density at radius 2 is 1.38 bits per heavy atom. The first kappa shape index (κ1) is 13.3. The maximum atomic E-state index is 3.24. The van der Waals surface area contributed by atoms with Gasteiger partial charge in [0.15, 0.2) is 0 Å². The summed E-state index contributed by atoms with van der Waals surface area (Å²) in [4.78, 5) is 3.24. The molecule has 0 aromatic carbocycles. The minimum atomic E-state index is 1.23. The molecular weight excluding hydrogens is 194 g/mol. The van der Waals surface area contributed by atoms with Crippen LogP contribution in [0.25, 0.3) is 0 Å². The number of aromatic nitrogens is 1. The van der Waals surface area contributed by atoms with Gasteiger partial charge in [-0.3, -0.25) is 0 Å². The van der Waals surface area contributed by atoms with Gasteiger partial charge in [-0.25, -0.2) is 0 Å². The molecule has 1 heterocycles. The van der Waals surface area contributed by atoms with Gasteiger partial charge in [-0.05, 0) is 30.4 Å². The molecule has 0 atom stereocenters. The molecule has 0 fully saturated rings. The summed E-state index contributed by atoms with van der Waals surface area (Å²) >= 11 is 0. The molecule has 0 radical (unpaired) electrons. The van der Waals surface area contributed by atoms with Gasteiger partial charge < -0.3 is 4.98 Å². The molecule has 0 aliphatic rings. The number of H-pyrrole nitrogens is 1. The number of unbranched alkanes of at least 4 members (excludes halogenated alkanes) is 5. The maximum Gasteiger partial charge on any atom is 0.00401 e. The van der Waals surface area contributed by atoms with Crippen LogP contribution in [0.2, 0.25) is 0 Å². The van der Waals surface area contributed by atoms with Crippen molar-refractivity contribution in [3.63, 3.8) is 0 Å². The molecule has 16 heavy (non-hydrogen) atoms. The average molecular weight is 221 g/mol. The fraction of sp³-hybridized carbons (Fsp3) is 0.733. The summed E-state index contributed by atoms with van der Waals surface area (Å²) in [6.07, 6.45) is 16.5. The molecule has 0 aliphatic heterocycles. The van der Waals surface area contributed by atoms with Crippen LogP contribution in [0, 0.1) is 0 Å². The largest absolute Gasteiger partial charge is 0.367 e. The van der Waals surface area contributed by atoms with E-state index in [2.05, 4.69) is 31.2 Å². The van der Waals surface area contributed by atoms with Crippen LogP contribution in [-0.2, 0) is 12.8 Å². The molecule has 0 aliphatic carbocycles. The molecule has 1 heteroatoms. The zero-order valence-electron chi connectivity index (χ0n) is 11.0. The molecule has 0 unspecified atom stereocenters. The zero-order chi connectivity index (χ0) is 11.6. The first-order valence-corrected chi connectivity index (χ1v) is 7.03. The lowest BCUT2D eigenvalue weighted by Crippen LogP contribution is -1.90. The minimum absolute atomic E-state index is 1.23. The predicted octanol–water partition coefficient (Wildman–Crippen LogP) is 4.87. The van der Waals surface area contributed by atoms with Gasteiger partial charge in [-0.15, -0.1) is 0 Å². The normalized spacial score (nSPS) is 10.9. The van der Waals surface area contributed by atoms with Crippen molar-refractivity contribution in [3.8, 4) is 0 Å². The first-order chi connectivity index (χ1) is 7.88. The van der Waals surface area contributed by atoms with Crippen LogP contribution in [0.3, 0.4) is 0 Å². The minimum Gasteiger partial charge on any atom is -0.367 e. The Labute approximate surface area is 101 Å². The van der Waals surface area contributed by atoms with Crippen LogP contribution in [0.5, 0.6) is 0 Å². The number of aromatic amines is 1. The lowest BCUT2D eigenvalue weighted by atomic mass is 10.0. The van der Waals surface area contributed by atoms with E-state index in [1.165, 1.54) is 63.4 Å². The fourth-order valence-corrected chi connectivity index (χ4v) is 2.26. The summed E-state index contributed by atoms with van der Waals surface area (Å²) in [5.74, 6) is 0. The van der Waals surface area contributed by atoms with E-state index in [4.69, 9.17) is 0 Å². The number of hydrogen-bond acceptors (Lipinski definition) is 0. The van der Waals surface area contributed by atoms with Crippen LogP contribution in [-0.4, -0.2) is 4.98 Å². The van der Waals surface area contributed by atoms with Gasteiger partial charge in [0.05, 0.1) is 0 Å². The monoisotopic (exact) mass is 221 g/mol. The van der Waals surface area contributed by atoms with Gasteiger partial charge >= 0.3 is 0 Å². The van der Waals surface area contributed by atoms with E-state index >= 15 is 0 Å². The lowest BCUT2D eigenvalue weighted by molar-refractivity contribution is 0.606. The Morgan fingerprint density at radius 3 is 2.06 bits per heavy atom. The third kappa shape index (κ3) is 4.87. The highest BCUT2D eigenvalue weighted by Gasteiger charge is 2.02. The second kappa shape index (κ2) is 8.43. The Bertz CT molecular complexity index is 262. The second-order valence-corrected chi connectivity index (χ2v) is 4.77. The second-order valence-electron chi connectivity index (χ2n) is 4.77. The van der Waals surface area contributed by atoms with Gasteiger partial charge in [0.1, 0.15) is 0 Å². The molecule has 1 aromatic rings. The molecule has 0 amide bonds. The fourth-order valence-electron chi connectivity index (χ4n) is 2.26. The molecule has 92 valence electrons. The molecule has 0 saturated heterocycles. The highest BCUT2D eigenvalue weighted by atomic mass is 14.6. The van der Waals surface area contributed by atoms with Crippen molar-refractivity contribution in [2.45, 2.75) is 71.6 Å². The highest BCUT2D eigenvalue weighted by molar-refractivity contribution is 5.23. The van der Waals surface area contributed by atoms with E-state index in [-0.39, 0.29) is 0 Å². The molecule has 0 bridgehead atoms. The van der Waals surface area contributed by atoms with Crippen LogP contribution < -0.4 is 0 Å². The van der Waals surface area contributed by atoms with E-state index in [1.54, 1.807) is 5.56 Å². The quantitative estimate of drug-likeness (QED) is 0.573. The number of rotatable bonds is 9.